The average Bonchev–Trinajstić information content (AvgIpc) is 2.92. The molecule has 0 radical (unpaired) electrons. The summed E-state index contributed by atoms with van der Waals surface area (Å²) in [5.74, 6) is 1.14. The van der Waals surface area contributed by atoms with Gasteiger partial charge in [0.05, 0.1) is 38.1 Å². The highest BCUT2D eigenvalue weighted by Gasteiger charge is 2.18. The SMILES string of the molecule is CNC(=O)Nc1ccc(NC(=O)c2cc(-c3cc(OC)c(OC)c(OC)c3)nc3ccccc23)cc1. The molecule has 3 N–H and O–H groups in total. The lowest BCUT2D eigenvalue weighted by molar-refractivity contribution is 0.102. The number of methoxy groups -OCH3 is 3. The number of aromatic nitrogens is 1. The summed E-state index contributed by atoms with van der Waals surface area (Å²) in [5.41, 5.74) is 3.58. The molecule has 0 aliphatic carbocycles. The van der Waals surface area contributed by atoms with Gasteiger partial charge in [0.15, 0.2) is 11.5 Å². The first kappa shape index (κ1) is 24.3. The van der Waals surface area contributed by atoms with Gasteiger partial charge in [0, 0.05) is 29.4 Å². The van der Waals surface area contributed by atoms with Crippen molar-refractivity contribution in [3.8, 4) is 28.5 Å². The zero-order chi connectivity index (χ0) is 25.7. The smallest absolute Gasteiger partial charge is 0.318 e. The minimum absolute atomic E-state index is 0.297. The Kier molecular flexibility index (Phi) is 7.20. The fourth-order valence-electron chi connectivity index (χ4n) is 3.77. The number of fused-ring (bicyclic) bond motifs is 1. The lowest BCUT2D eigenvalue weighted by Crippen LogP contribution is -2.24. The summed E-state index contributed by atoms with van der Waals surface area (Å²) in [5, 5.41) is 8.80. The highest BCUT2D eigenvalue weighted by Crippen LogP contribution is 2.41. The first-order chi connectivity index (χ1) is 17.5. The number of anilines is 2. The zero-order valence-electron chi connectivity index (χ0n) is 20.3. The van der Waals surface area contributed by atoms with Crippen molar-refractivity contribution in [2.75, 3.05) is 39.0 Å². The first-order valence-corrected chi connectivity index (χ1v) is 11.1. The minimum Gasteiger partial charge on any atom is -0.493 e. The van der Waals surface area contributed by atoms with Crippen molar-refractivity contribution < 1.29 is 23.8 Å². The normalized spacial score (nSPS) is 10.4. The van der Waals surface area contributed by atoms with E-state index in [0.717, 1.165) is 0 Å². The van der Waals surface area contributed by atoms with Crippen LogP contribution >= 0.6 is 0 Å². The van der Waals surface area contributed by atoms with Crippen LogP contribution in [0.15, 0.2) is 66.7 Å². The fraction of sp³-hybridized carbons (Fsp3) is 0.148. The molecule has 0 fully saturated rings. The van der Waals surface area contributed by atoms with Crippen molar-refractivity contribution in [1.82, 2.24) is 10.3 Å². The van der Waals surface area contributed by atoms with Gasteiger partial charge in [0.25, 0.3) is 5.91 Å². The average molecular weight is 487 g/mol. The largest absolute Gasteiger partial charge is 0.493 e. The van der Waals surface area contributed by atoms with Crippen LogP contribution in [0.4, 0.5) is 16.2 Å². The van der Waals surface area contributed by atoms with Gasteiger partial charge in [0.1, 0.15) is 0 Å². The van der Waals surface area contributed by atoms with Crippen molar-refractivity contribution in [2.24, 2.45) is 0 Å². The minimum atomic E-state index is -0.325. The Balaban J connectivity index is 1.72. The highest BCUT2D eigenvalue weighted by molar-refractivity contribution is 6.13. The molecule has 1 aromatic heterocycles. The third-order valence-corrected chi connectivity index (χ3v) is 5.55. The topological polar surface area (TPSA) is 111 Å². The van der Waals surface area contributed by atoms with E-state index in [-0.39, 0.29) is 11.9 Å². The standard InChI is InChI=1S/C27H26N4O5/c1-28-27(33)30-18-11-9-17(10-12-18)29-26(32)20-15-22(31-21-8-6-5-7-19(20)21)16-13-23(34-2)25(36-4)24(14-16)35-3/h5-15H,1-4H3,(H,29,32)(H2,28,30,33). The van der Waals surface area contributed by atoms with Crippen molar-refractivity contribution in [2.45, 2.75) is 0 Å². The van der Waals surface area contributed by atoms with Crippen molar-refractivity contribution >= 4 is 34.2 Å². The molecule has 0 bridgehead atoms. The highest BCUT2D eigenvalue weighted by atomic mass is 16.5. The van der Waals surface area contributed by atoms with E-state index in [2.05, 4.69) is 16.0 Å². The van der Waals surface area contributed by atoms with Crippen LogP contribution in [0, 0.1) is 0 Å². The number of carbonyl (C=O) groups is 2. The van der Waals surface area contributed by atoms with Crippen molar-refractivity contribution in [3.63, 3.8) is 0 Å². The molecular formula is C27H26N4O5. The zero-order valence-corrected chi connectivity index (χ0v) is 20.3. The van der Waals surface area contributed by atoms with E-state index >= 15 is 0 Å². The predicted molar refractivity (Wildman–Crippen MR) is 139 cm³/mol. The van der Waals surface area contributed by atoms with Crippen LogP contribution in [0.25, 0.3) is 22.2 Å². The lowest BCUT2D eigenvalue weighted by atomic mass is 10.0. The third kappa shape index (κ3) is 5.00. The van der Waals surface area contributed by atoms with Gasteiger partial charge in [0.2, 0.25) is 5.75 Å². The van der Waals surface area contributed by atoms with E-state index in [0.29, 0.717) is 56.3 Å². The molecule has 0 saturated heterocycles. The molecule has 36 heavy (non-hydrogen) atoms. The van der Waals surface area contributed by atoms with Crippen LogP contribution in [0.2, 0.25) is 0 Å². The molecule has 0 spiro atoms. The Morgan fingerprint density at radius 2 is 1.39 bits per heavy atom. The number of rotatable bonds is 7. The third-order valence-electron chi connectivity index (χ3n) is 5.55. The van der Waals surface area contributed by atoms with Crippen LogP contribution < -0.4 is 30.2 Å². The van der Waals surface area contributed by atoms with Gasteiger partial charge < -0.3 is 30.2 Å². The molecule has 0 unspecified atom stereocenters. The maximum atomic E-state index is 13.4. The van der Waals surface area contributed by atoms with Gasteiger partial charge >= 0.3 is 6.03 Å². The number of para-hydroxylation sites is 1. The Morgan fingerprint density at radius 1 is 0.778 bits per heavy atom. The molecule has 0 saturated carbocycles. The number of nitrogens with zero attached hydrogens (tertiary/aromatic N) is 1. The summed E-state index contributed by atoms with van der Waals surface area (Å²) < 4.78 is 16.4. The molecule has 1 heterocycles. The molecule has 9 nitrogen and oxygen atoms in total. The summed E-state index contributed by atoms with van der Waals surface area (Å²) >= 11 is 0. The summed E-state index contributed by atoms with van der Waals surface area (Å²) in [6.45, 7) is 0. The predicted octanol–water partition coefficient (Wildman–Crippen LogP) is 4.93. The second-order valence-electron chi connectivity index (χ2n) is 7.72. The van der Waals surface area contributed by atoms with Gasteiger partial charge in [-0.2, -0.15) is 0 Å². The van der Waals surface area contributed by atoms with Gasteiger partial charge in [-0.1, -0.05) is 18.2 Å². The molecule has 3 amide bonds. The van der Waals surface area contributed by atoms with Crippen LogP contribution in [0.3, 0.4) is 0 Å². The maximum absolute atomic E-state index is 13.4. The maximum Gasteiger partial charge on any atom is 0.318 e. The van der Waals surface area contributed by atoms with Crippen LogP contribution in [0.5, 0.6) is 17.2 Å². The molecule has 0 aliphatic rings. The van der Waals surface area contributed by atoms with Gasteiger partial charge in [-0.15, -0.1) is 0 Å². The van der Waals surface area contributed by atoms with E-state index in [1.54, 1.807) is 56.7 Å². The Hall–Kier alpha value is -4.79. The molecule has 0 atom stereocenters. The number of carbonyl (C=O) groups excluding carboxylic acids is 2. The number of hydrogen-bond acceptors (Lipinski definition) is 6. The quantitative estimate of drug-likeness (QED) is 0.342. The van der Waals surface area contributed by atoms with Gasteiger partial charge in [-0.3, -0.25) is 4.79 Å². The second kappa shape index (κ2) is 10.6. The summed E-state index contributed by atoms with van der Waals surface area (Å²) in [4.78, 5) is 29.6. The van der Waals surface area contributed by atoms with Crippen LogP contribution in [-0.4, -0.2) is 45.3 Å². The summed E-state index contributed by atoms with van der Waals surface area (Å²) in [7, 11) is 6.17. The lowest BCUT2D eigenvalue weighted by Gasteiger charge is -2.15. The molecule has 3 aromatic carbocycles. The molecule has 4 rings (SSSR count). The monoisotopic (exact) mass is 486 g/mol. The number of nitrogens with one attached hydrogen (secondary N) is 3. The van der Waals surface area contributed by atoms with E-state index in [1.165, 1.54) is 14.2 Å². The van der Waals surface area contributed by atoms with E-state index in [9.17, 15) is 9.59 Å². The molecule has 0 aliphatic heterocycles. The number of urea groups is 1. The molecule has 9 heteroatoms. The van der Waals surface area contributed by atoms with Crippen molar-refractivity contribution in [3.05, 3.63) is 72.3 Å². The van der Waals surface area contributed by atoms with E-state index in [1.807, 2.05) is 24.3 Å². The first-order valence-electron chi connectivity index (χ1n) is 11.1. The van der Waals surface area contributed by atoms with E-state index in [4.69, 9.17) is 19.2 Å². The molecule has 4 aromatic rings. The fourth-order valence-corrected chi connectivity index (χ4v) is 3.77. The number of pyridine rings is 1. The van der Waals surface area contributed by atoms with Crippen molar-refractivity contribution in [1.29, 1.82) is 0 Å². The Labute approximate surface area is 208 Å². The number of ether oxygens (including phenoxy) is 3. The van der Waals surface area contributed by atoms with Gasteiger partial charge in [-0.25, -0.2) is 9.78 Å². The Morgan fingerprint density at radius 3 is 1.97 bits per heavy atom. The summed E-state index contributed by atoms with van der Waals surface area (Å²) in [6.07, 6.45) is 0. The Bertz CT molecular complexity index is 1390. The second-order valence-corrected chi connectivity index (χ2v) is 7.72. The van der Waals surface area contributed by atoms with Crippen LogP contribution in [-0.2, 0) is 0 Å². The molecule has 184 valence electrons. The number of amides is 3. The van der Waals surface area contributed by atoms with E-state index < -0.39 is 0 Å². The summed E-state index contributed by atoms with van der Waals surface area (Å²) in [6, 6.07) is 19.3. The van der Waals surface area contributed by atoms with Gasteiger partial charge in [-0.05, 0) is 48.5 Å². The number of benzene rings is 3. The number of hydrogen-bond donors (Lipinski definition) is 3. The van der Waals surface area contributed by atoms with Crippen LogP contribution in [0.1, 0.15) is 10.4 Å². The molecular weight excluding hydrogens is 460 g/mol.